The summed E-state index contributed by atoms with van der Waals surface area (Å²) >= 11 is 0. The number of hydrogen-bond acceptors (Lipinski definition) is 3. The van der Waals surface area contributed by atoms with Crippen LogP contribution in [0.25, 0.3) is 0 Å². The van der Waals surface area contributed by atoms with E-state index in [1.807, 2.05) is 6.92 Å². The van der Waals surface area contributed by atoms with Crippen molar-refractivity contribution in [3.8, 4) is 11.5 Å². The molecule has 0 heterocycles. The summed E-state index contributed by atoms with van der Waals surface area (Å²) in [6, 6.07) is 8.04. The smallest absolute Gasteiger partial charge is 0.129 e. The van der Waals surface area contributed by atoms with Gasteiger partial charge in [0.25, 0.3) is 0 Å². The first-order valence-corrected chi connectivity index (χ1v) is 6.90. The highest BCUT2D eigenvalue weighted by molar-refractivity contribution is 5.45. The highest BCUT2D eigenvalue weighted by Gasteiger charge is 2.14. The van der Waals surface area contributed by atoms with Gasteiger partial charge in [-0.05, 0) is 49.6 Å². The number of aryl methyl sites for hydroxylation is 2. The van der Waals surface area contributed by atoms with Crippen molar-refractivity contribution in [1.82, 2.24) is 5.32 Å². The van der Waals surface area contributed by atoms with Crippen molar-refractivity contribution in [2.45, 2.75) is 33.4 Å². The number of phenolic OH excluding ortho intramolecular Hbond substituents is 2. The molecule has 2 aromatic rings. The molecular weight excluding hydrogens is 269 g/mol. The van der Waals surface area contributed by atoms with Crippen LogP contribution in [0, 0.1) is 19.7 Å². The van der Waals surface area contributed by atoms with E-state index in [0.29, 0.717) is 23.2 Å². The molecule has 0 fully saturated rings. The van der Waals surface area contributed by atoms with E-state index < -0.39 is 0 Å². The summed E-state index contributed by atoms with van der Waals surface area (Å²) in [6.07, 6.45) is 0. The maximum absolute atomic E-state index is 13.6. The average molecular weight is 289 g/mol. The zero-order valence-corrected chi connectivity index (χ0v) is 12.4. The van der Waals surface area contributed by atoms with Crippen molar-refractivity contribution in [1.29, 1.82) is 0 Å². The molecule has 4 heteroatoms. The van der Waals surface area contributed by atoms with Gasteiger partial charge in [0.1, 0.15) is 17.3 Å². The van der Waals surface area contributed by atoms with Gasteiger partial charge in [0, 0.05) is 12.6 Å². The van der Waals surface area contributed by atoms with Gasteiger partial charge in [0.15, 0.2) is 0 Å². The van der Waals surface area contributed by atoms with Crippen molar-refractivity contribution in [2.24, 2.45) is 0 Å². The molecule has 3 N–H and O–H groups in total. The number of nitrogens with one attached hydrogen (secondary N) is 1. The molecule has 0 radical (unpaired) electrons. The van der Waals surface area contributed by atoms with Crippen LogP contribution in [0.4, 0.5) is 4.39 Å². The third kappa shape index (κ3) is 3.34. The lowest BCUT2D eigenvalue weighted by molar-refractivity contribution is 0.418. The van der Waals surface area contributed by atoms with Crippen LogP contribution >= 0.6 is 0 Å². The second-order valence-electron chi connectivity index (χ2n) is 5.36. The predicted molar refractivity (Wildman–Crippen MR) is 80.9 cm³/mol. The first kappa shape index (κ1) is 15.3. The molecular formula is C17H20FNO2. The second kappa shape index (κ2) is 6.14. The van der Waals surface area contributed by atoms with Crippen molar-refractivity contribution < 1.29 is 14.6 Å². The molecule has 3 nitrogen and oxygen atoms in total. The van der Waals surface area contributed by atoms with Gasteiger partial charge in [0.2, 0.25) is 0 Å². The summed E-state index contributed by atoms with van der Waals surface area (Å²) < 4.78 is 13.6. The summed E-state index contributed by atoms with van der Waals surface area (Å²) in [5, 5.41) is 22.9. The molecule has 21 heavy (non-hydrogen) atoms. The van der Waals surface area contributed by atoms with Gasteiger partial charge in [-0.1, -0.05) is 18.2 Å². The Balaban J connectivity index is 2.13. The Bertz CT molecular complexity index is 612. The van der Waals surface area contributed by atoms with Gasteiger partial charge >= 0.3 is 0 Å². The van der Waals surface area contributed by atoms with E-state index in [1.54, 1.807) is 44.2 Å². The molecule has 2 rings (SSSR count). The van der Waals surface area contributed by atoms with Crippen LogP contribution in [0.15, 0.2) is 30.3 Å². The average Bonchev–Trinajstić information content (AvgIpc) is 2.42. The highest BCUT2D eigenvalue weighted by atomic mass is 19.1. The fourth-order valence-electron chi connectivity index (χ4n) is 2.50. The molecule has 0 saturated heterocycles. The first-order valence-electron chi connectivity index (χ1n) is 6.90. The molecule has 1 atom stereocenters. The minimum absolute atomic E-state index is 0.0569. The molecule has 112 valence electrons. The van der Waals surface area contributed by atoms with Crippen LogP contribution in [0.3, 0.4) is 0 Å². The van der Waals surface area contributed by atoms with E-state index in [9.17, 15) is 14.6 Å². The molecule has 0 saturated carbocycles. The van der Waals surface area contributed by atoms with Crippen molar-refractivity contribution in [3.05, 3.63) is 58.4 Å². The summed E-state index contributed by atoms with van der Waals surface area (Å²) in [5.74, 6) is -0.0620. The van der Waals surface area contributed by atoms with Crippen LogP contribution in [0.5, 0.6) is 11.5 Å². The Morgan fingerprint density at radius 1 is 1.10 bits per heavy atom. The second-order valence-corrected chi connectivity index (χ2v) is 5.36. The van der Waals surface area contributed by atoms with E-state index >= 15 is 0 Å². The van der Waals surface area contributed by atoms with Gasteiger partial charge in [-0.2, -0.15) is 0 Å². The molecule has 0 aliphatic rings. The van der Waals surface area contributed by atoms with Gasteiger partial charge < -0.3 is 15.5 Å². The van der Waals surface area contributed by atoms with Crippen LogP contribution in [-0.4, -0.2) is 10.2 Å². The van der Waals surface area contributed by atoms with Crippen molar-refractivity contribution >= 4 is 0 Å². The van der Waals surface area contributed by atoms with Crippen LogP contribution in [-0.2, 0) is 6.54 Å². The standard InChI is InChI=1S/C17H20FNO2/c1-10-7-13(8-11(2)17(10)18)9-19-12(3)16-14(20)5-4-6-15(16)21/h4-8,12,19-21H,9H2,1-3H3. The van der Waals surface area contributed by atoms with Gasteiger partial charge in [-0.25, -0.2) is 4.39 Å². The normalized spacial score (nSPS) is 12.4. The van der Waals surface area contributed by atoms with Crippen LogP contribution in [0.2, 0.25) is 0 Å². The fraction of sp³-hybridized carbons (Fsp3) is 0.294. The monoisotopic (exact) mass is 289 g/mol. The maximum Gasteiger partial charge on any atom is 0.129 e. The Hall–Kier alpha value is -2.07. The molecule has 0 amide bonds. The summed E-state index contributed by atoms with van der Waals surface area (Å²) in [4.78, 5) is 0. The lowest BCUT2D eigenvalue weighted by atomic mass is 10.0. The van der Waals surface area contributed by atoms with E-state index in [-0.39, 0.29) is 23.4 Å². The van der Waals surface area contributed by atoms with E-state index in [0.717, 1.165) is 5.56 Å². The molecule has 0 bridgehead atoms. The summed E-state index contributed by atoms with van der Waals surface area (Å²) in [6.45, 7) is 5.86. The SMILES string of the molecule is Cc1cc(CNC(C)c2c(O)cccc2O)cc(C)c1F. The predicted octanol–water partition coefficient (Wildman–Crippen LogP) is 3.70. The highest BCUT2D eigenvalue weighted by Crippen LogP contribution is 2.32. The molecule has 1 unspecified atom stereocenters. The third-order valence-corrected chi connectivity index (χ3v) is 3.60. The Morgan fingerprint density at radius 3 is 2.14 bits per heavy atom. The van der Waals surface area contributed by atoms with Gasteiger partial charge in [-0.15, -0.1) is 0 Å². The lowest BCUT2D eigenvalue weighted by Crippen LogP contribution is -2.18. The van der Waals surface area contributed by atoms with Gasteiger partial charge in [-0.3, -0.25) is 0 Å². The third-order valence-electron chi connectivity index (χ3n) is 3.60. The maximum atomic E-state index is 13.6. The Labute approximate surface area is 124 Å². The minimum atomic E-state index is -0.225. The quantitative estimate of drug-likeness (QED) is 0.804. The zero-order chi connectivity index (χ0) is 15.6. The topological polar surface area (TPSA) is 52.5 Å². The lowest BCUT2D eigenvalue weighted by Gasteiger charge is -2.17. The first-order chi connectivity index (χ1) is 9.90. The Kier molecular flexibility index (Phi) is 4.48. The van der Waals surface area contributed by atoms with Crippen LogP contribution in [0.1, 0.15) is 35.2 Å². The Morgan fingerprint density at radius 2 is 1.62 bits per heavy atom. The number of rotatable bonds is 4. The summed E-state index contributed by atoms with van der Waals surface area (Å²) in [5.41, 5.74) is 2.66. The zero-order valence-electron chi connectivity index (χ0n) is 12.4. The largest absolute Gasteiger partial charge is 0.507 e. The fourth-order valence-corrected chi connectivity index (χ4v) is 2.50. The van der Waals surface area contributed by atoms with E-state index in [4.69, 9.17) is 0 Å². The summed E-state index contributed by atoms with van der Waals surface area (Å²) in [7, 11) is 0. The number of phenols is 2. The minimum Gasteiger partial charge on any atom is -0.507 e. The van der Waals surface area contributed by atoms with E-state index in [1.165, 1.54) is 0 Å². The van der Waals surface area contributed by atoms with E-state index in [2.05, 4.69) is 5.32 Å². The number of benzene rings is 2. The molecule has 2 aromatic carbocycles. The van der Waals surface area contributed by atoms with Crippen LogP contribution < -0.4 is 5.32 Å². The molecule has 0 spiro atoms. The number of hydrogen-bond donors (Lipinski definition) is 3. The number of halogens is 1. The molecule has 0 aromatic heterocycles. The molecule has 0 aliphatic heterocycles. The number of aromatic hydroxyl groups is 2. The molecule has 0 aliphatic carbocycles. The van der Waals surface area contributed by atoms with Crippen molar-refractivity contribution in [3.63, 3.8) is 0 Å². The van der Waals surface area contributed by atoms with Crippen molar-refractivity contribution in [2.75, 3.05) is 0 Å². The van der Waals surface area contributed by atoms with Gasteiger partial charge in [0.05, 0.1) is 5.56 Å².